The fourth-order valence-electron chi connectivity index (χ4n) is 0.860. The van der Waals surface area contributed by atoms with Crippen molar-refractivity contribution in [2.45, 2.75) is 6.42 Å². The van der Waals surface area contributed by atoms with E-state index < -0.39 is 5.97 Å². The molecule has 1 atom stereocenters. The molecule has 0 aromatic heterocycles. The van der Waals surface area contributed by atoms with Crippen molar-refractivity contribution in [1.29, 1.82) is 0 Å². The van der Waals surface area contributed by atoms with Gasteiger partial charge in [-0.2, -0.15) is 11.8 Å². The first-order valence-corrected chi connectivity index (χ1v) is 4.65. The van der Waals surface area contributed by atoms with E-state index in [-0.39, 0.29) is 0 Å². The van der Waals surface area contributed by atoms with Gasteiger partial charge in [0, 0.05) is 17.6 Å². The normalized spacial score (nSPS) is 22.1. The van der Waals surface area contributed by atoms with Gasteiger partial charge in [0.15, 0.2) is 0 Å². The van der Waals surface area contributed by atoms with Crippen molar-refractivity contribution in [3.63, 3.8) is 0 Å². The number of esters is 1. The number of rotatable bonds is 0. The van der Waals surface area contributed by atoms with E-state index in [1.54, 1.807) is 0 Å². The first-order chi connectivity index (χ1) is 5.33. The molecule has 1 unspecified atom stereocenters. The number of methoxy groups -OCH3 is 1. The zero-order valence-corrected chi connectivity index (χ0v) is 7.24. The summed E-state index contributed by atoms with van der Waals surface area (Å²) in [5, 5.41) is 0. The maximum absolute atomic E-state index is 10.6. The molecule has 0 saturated carbocycles. The smallest absolute Gasteiger partial charge is 0.384 e. The summed E-state index contributed by atoms with van der Waals surface area (Å²) in [7, 11) is 1.35. The van der Waals surface area contributed by atoms with Crippen molar-refractivity contribution in [2.75, 3.05) is 18.6 Å². The monoisotopic (exact) mass is 170 g/mol. The second kappa shape index (κ2) is 4.30. The van der Waals surface area contributed by atoms with E-state index in [4.69, 9.17) is 0 Å². The first kappa shape index (κ1) is 8.48. The van der Waals surface area contributed by atoms with E-state index in [1.165, 1.54) is 12.9 Å². The van der Waals surface area contributed by atoms with Crippen LogP contribution in [-0.4, -0.2) is 24.6 Å². The van der Waals surface area contributed by atoms with Crippen molar-refractivity contribution >= 4 is 17.7 Å². The molecule has 1 aliphatic rings. The first-order valence-electron chi connectivity index (χ1n) is 3.50. The van der Waals surface area contributed by atoms with Gasteiger partial charge in [0.25, 0.3) is 0 Å². The molecule has 0 bridgehead atoms. The maximum atomic E-state index is 10.6. The molecule has 3 heteroatoms. The van der Waals surface area contributed by atoms with Crippen LogP contribution in [0.3, 0.4) is 0 Å². The molecule has 11 heavy (non-hydrogen) atoms. The van der Waals surface area contributed by atoms with E-state index in [0.717, 1.165) is 12.2 Å². The van der Waals surface area contributed by atoms with Gasteiger partial charge in [0.1, 0.15) is 0 Å². The van der Waals surface area contributed by atoms with Crippen LogP contribution < -0.4 is 0 Å². The van der Waals surface area contributed by atoms with Gasteiger partial charge in [-0.1, -0.05) is 5.92 Å². The van der Waals surface area contributed by atoms with E-state index in [0.29, 0.717) is 5.92 Å². The zero-order valence-electron chi connectivity index (χ0n) is 6.42. The highest BCUT2D eigenvalue weighted by Crippen LogP contribution is 2.22. The summed E-state index contributed by atoms with van der Waals surface area (Å²) >= 11 is 1.89. The molecular formula is C8H10O2S. The molecular weight excluding hydrogens is 160 g/mol. The van der Waals surface area contributed by atoms with Crippen molar-refractivity contribution in [3.8, 4) is 11.8 Å². The third-order valence-corrected chi connectivity index (χ3v) is 2.66. The minimum absolute atomic E-state index is 0.402. The Labute approximate surface area is 70.7 Å². The second-order valence-corrected chi connectivity index (χ2v) is 3.47. The molecule has 1 saturated heterocycles. The lowest BCUT2D eigenvalue weighted by atomic mass is 10.1. The summed E-state index contributed by atoms with van der Waals surface area (Å²) in [6.45, 7) is 0. The van der Waals surface area contributed by atoms with E-state index in [9.17, 15) is 4.79 Å². The minimum atomic E-state index is -0.429. The SMILES string of the molecule is COC(=O)C#CC1CCSC1. The summed E-state index contributed by atoms with van der Waals surface area (Å²) in [6, 6.07) is 0. The van der Waals surface area contributed by atoms with Crippen LogP contribution >= 0.6 is 11.8 Å². The summed E-state index contributed by atoms with van der Waals surface area (Å²) in [5.41, 5.74) is 0. The summed E-state index contributed by atoms with van der Waals surface area (Å²) < 4.78 is 4.39. The highest BCUT2D eigenvalue weighted by atomic mass is 32.2. The topological polar surface area (TPSA) is 26.3 Å². The molecule has 2 nitrogen and oxygen atoms in total. The summed E-state index contributed by atoms with van der Waals surface area (Å²) in [6.07, 6.45) is 1.11. The van der Waals surface area contributed by atoms with Crippen molar-refractivity contribution < 1.29 is 9.53 Å². The van der Waals surface area contributed by atoms with Gasteiger partial charge >= 0.3 is 5.97 Å². The average Bonchev–Trinajstić information content (AvgIpc) is 2.52. The predicted molar refractivity (Wildman–Crippen MR) is 45.2 cm³/mol. The van der Waals surface area contributed by atoms with Gasteiger partial charge in [-0.15, -0.1) is 0 Å². The Morgan fingerprint density at radius 2 is 2.55 bits per heavy atom. The fourth-order valence-corrected chi connectivity index (χ4v) is 2.01. The van der Waals surface area contributed by atoms with Gasteiger partial charge in [0.2, 0.25) is 0 Å². The predicted octanol–water partition coefficient (Wildman–Crippen LogP) is 0.916. The zero-order chi connectivity index (χ0) is 8.10. The molecule has 0 spiro atoms. The van der Waals surface area contributed by atoms with Crippen LogP contribution in [0, 0.1) is 17.8 Å². The fraction of sp³-hybridized carbons (Fsp3) is 0.625. The molecule has 0 amide bonds. The lowest BCUT2D eigenvalue weighted by molar-refractivity contribution is -0.133. The average molecular weight is 170 g/mol. The number of carbonyl (C=O) groups excluding carboxylic acids is 1. The molecule has 1 heterocycles. The molecule has 0 N–H and O–H groups in total. The molecule has 1 aliphatic heterocycles. The van der Waals surface area contributed by atoms with E-state index >= 15 is 0 Å². The molecule has 0 radical (unpaired) electrons. The Bertz CT molecular complexity index is 196. The Hall–Kier alpha value is -0.620. The van der Waals surface area contributed by atoms with Crippen LogP contribution in [0.15, 0.2) is 0 Å². The van der Waals surface area contributed by atoms with Crippen molar-refractivity contribution in [2.24, 2.45) is 5.92 Å². The highest BCUT2D eigenvalue weighted by molar-refractivity contribution is 7.99. The number of carbonyl (C=O) groups is 1. The van der Waals surface area contributed by atoms with Gasteiger partial charge in [-0.05, 0) is 12.2 Å². The third kappa shape index (κ3) is 2.85. The second-order valence-electron chi connectivity index (χ2n) is 2.32. The number of thioether (sulfide) groups is 1. The van der Waals surface area contributed by atoms with Crippen LogP contribution in [0.1, 0.15) is 6.42 Å². The van der Waals surface area contributed by atoms with E-state index in [2.05, 4.69) is 16.6 Å². The Morgan fingerprint density at radius 3 is 3.09 bits per heavy atom. The van der Waals surface area contributed by atoms with Gasteiger partial charge in [0.05, 0.1) is 7.11 Å². The summed E-state index contributed by atoms with van der Waals surface area (Å²) in [4.78, 5) is 10.6. The molecule has 0 aromatic carbocycles. The quantitative estimate of drug-likeness (QED) is 0.307. The molecule has 1 fully saturated rings. The molecule has 0 aliphatic carbocycles. The number of ether oxygens (including phenoxy) is 1. The minimum Gasteiger partial charge on any atom is -0.459 e. The standard InChI is InChI=1S/C8H10O2S/c1-10-8(9)3-2-7-4-5-11-6-7/h7H,4-6H2,1H3. The Balaban J connectivity index is 2.36. The van der Waals surface area contributed by atoms with Gasteiger partial charge in [-0.25, -0.2) is 4.79 Å². The highest BCUT2D eigenvalue weighted by Gasteiger charge is 2.12. The van der Waals surface area contributed by atoms with E-state index in [1.807, 2.05) is 11.8 Å². The van der Waals surface area contributed by atoms with Crippen LogP contribution in [0.4, 0.5) is 0 Å². The largest absolute Gasteiger partial charge is 0.459 e. The van der Waals surface area contributed by atoms with Crippen LogP contribution in [0.2, 0.25) is 0 Å². The van der Waals surface area contributed by atoms with Crippen LogP contribution in [0.5, 0.6) is 0 Å². The van der Waals surface area contributed by atoms with Crippen molar-refractivity contribution in [1.82, 2.24) is 0 Å². The molecule has 1 rings (SSSR count). The Morgan fingerprint density at radius 1 is 1.73 bits per heavy atom. The molecule has 0 aromatic rings. The Kier molecular flexibility index (Phi) is 3.31. The van der Waals surface area contributed by atoms with Crippen LogP contribution in [0.25, 0.3) is 0 Å². The number of hydrogen-bond donors (Lipinski definition) is 0. The summed E-state index contributed by atoms with van der Waals surface area (Å²) in [5.74, 6) is 7.54. The number of hydrogen-bond acceptors (Lipinski definition) is 3. The lowest BCUT2D eigenvalue weighted by Crippen LogP contribution is -1.98. The third-order valence-electron chi connectivity index (χ3n) is 1.49. The van der Waals surface area contributed by atoms with Gasteiger partial charge < -0.3 is 4.74 Å². The van der Waals surface area contributed by atoms with Gasteiger partial charge in [-0.3, -0.25) is 0 Å². The molecule has 60 valence electrons. The van der Waals surface area contributed by atoms with Crippen LogP contribution in [-0.2, 0) is 9.53 Å². The van der Waals surface area contributed by atoms with Crippen molar-refractivity contribution in [3.05, 3.63) is 0 Å². The lowest BCUT2D eigenvalue weighted by Gasteiger charge is -1.93. The maximum Gasteiger partial charge on any atom is 0.384 e.